The zero-order valence-corrected chi connectivity index (χ0v) is 12.2. The highest BCUT2D eigenvalue weighted by molar-refractivity contribution is 5.98. The lowest BCUT2D eigenvalue weighted by molar-refractivity contribution is -0.137. The summed E-state index contributed by atoms with van der Waals surface area (Å²) in [5.41, 5.74) is 7.69. The summed E-state index contributed by atoms with van der Waals surface area (Å²) in [4.78, 5) is 28.4. The fourth-order valence-corrected chi connectivity index (χ4v) is 2.97. The highest BCUT2D eigenvalue weighted by Crippen LogP contribution is 2.44. The van der Waals surface area contributed by atoms with Crippen molar-refractivity contribution in [2.24, 2.45) is 5.73 Å². The molecule has 1 atom stereocenters. The molecule has 3 rings (SSSR count). The predicted octanol–water partition coefficient (Wildman–Crippen LogP) is 1.55. The first-order chi connectivity index (χ1) is 10.6. The fourth-order valence-electron chi connectivity index (χ4n) is 2.97. The highest BCUT2D eigenvalue weighted by Gasteiger charge is 2.40. The molecule has 0 aromatic carbocycles. The molecule has 0 amide bonds. The summed E-state index contributed by atoms with van der Waals surface area (Å²) in [6.07, 6.45) is 5.14. The molecule has 2 aliphatic rings. The zero-order chi connectivity index (χ0) is 15.7. The van der Waals surface area contributed by atoms with Gasteiger partial charge in [-0.25, -0.2) is 4.79 Å². The SMILES string of the molecule is COC(=O)C1=C(N)OC2=C(CCCC2=O)[C@@H]1c1cccnc1. The molecule has 0 saturated carbocycles. The Hall–Kier alpha value is -2.63. The summed E-state index contributed by atoms with van der Waals surface area (Å²) in [7, 11) is 1.29. The van der Waals surface area contributed by atoms with Crippen LogP contribution in [0, 0.1) is 0 Å². The Morgan fingerprint density at radius 2 is 2.27 bits per heavy atom. The number of ether oxygens (including phenoxy) is 2. The third-order valence-corrected chi connectivity index (χ3v) is 3.93. The van der Waals surface area contributed by atoms with Gasteiger partial charge in [-0.2, -0.15) is 0 Å². The molecule has 2 heterocycles. The van der Waals surface area contributed by atoms with Crippen molar-refractivity contribution in [2.45, 2.75) is 25.2 Å². The molecule has 6 nitrogen and oxygen atoms in total. The van der Waals surface area contributed by atoms with E-state index in [4.69, 9.17) is 15.2 Å². The van der Waals surface area contributed by atoms with Crippen LogP contribution in [-0.2, 0) is 19.1 Å². The molecule has 1 aliphatic carbocycles. The zero-order valence-electron chi connectivity index (χ0n) is 12.2. The number of nitrogens with two attached hydrogens (primary N) is 1. The van der Waals surface area contributed by atoms with Gasteiger partial charge in [-0.3, -0.25) is 9.78 Å². The average molecular weight is 300 g/mol. The Labute approximate surface area is 127 Å². The van der Waals surface area contributed by atoms with E-state index in [9.17, 15) is 9.59 Å². The molecule has 0 radical (unpaired) electrons. The van der Waals surface area contributed by atoms with Crippen LogP contribution in [0.1, 0.15) is 30.7 Å². The minimum absolute atomic E-state index is 0.0743. The van der Waals surface area contributed by atoms with E-state index in [-0.39, 0.29) is 23.0 Å². The fraction of sp³-hybridized carbons (Fsp3) is 0.312. The van der Waals surface area contributed by atoms with Crippen molar-refractivity contribution in [3.05, 3.63) is 52.9 Å². The molecule has 0 saturated heterocycles. The number of methoxy groups -OCH3 is 1. The highest BCUT2D eigenvalue weighted by atomic mass is 16.5. The number of carbonyl (C=O) groups excluding carboxylic acids is 2. The molecule has 1 aromatic heterocycles. The van der Waals surface area contributed by atoms with Gasteiger partial charge in [-0.05, 0) is 30.0 Å². The number of esters is 1. The Bertz CT molecular complexity index is 691. The smallest absolute Gasteiger partial charge is 0.340 e. The quantitative estimate of drug-likeness (QED) is 0.833. The van der Waals surface area contributed by atoms with Crippen LogP contribution in [0.4, 0.5) is 0 Å². The molecule has 22 heavy (non-hydrogen) atoms. The molecule has 2 N–H and O–H groups in total. The molecular weight excluding hydrogens is 284 g/mol. The second-order valence-electron chi connectivity index (χ2n) is 5.22. The maximum atomic E-state index is 12.1. The van der Waals surface area contributed by atoms with Gasteiger partial charge in [-0.15, -0.1) is 0 Å². The lowest BCUT2D eigenvalue weighted by atomic mass is 9.78. The molecule has 0 spiro atoms. The van der Waals surface area contributed by atoms with Crippen LogP contribution in [0.5, 0.6) is 0 Å². The minimum atomic E-state index is -0.559. The van der Waals surface area contributed by atoms with Gasteiger partial charge in [0.1, 0.15) is 5.57 Å². The molecule has 6 heteroatoms. The lowest BCUT2D eigenvalue weighted by Crippen LogP contribution is -2.30. The summed E-state index contributed by atoms with van der Waals surface area (Å²) in [6, 6.07) is 3.63. The van der Waals surface area contributed by atoms with E-state index >= 15 is 0 Å². The Kier molecular flexibility index (Phi) is 3.66. The summed E-state index contributed by atoms with van der Waals surface area (Å²) in [5, 5.41) is 0. The third kappa shape index (κ3) is 2.26. The first kappa shape index (κ1) is 14.3. The van der Waals surface area contributed by atoms with Crippen LogP contribution in [0.2, 0.25) is 0 Å². The topological polar surface area (TPSA) is 91.5 Å². The molecule has 0 unspecified atom stereocenters. The van der Waals surface area contributed by atoms with Crippen LogP contribution in [0.3, 0.4) is 0 Å². The number of hydrogen-bond donors (Lipinski definition) is 1. The predicted molar refractivity (Wildman–Crippen MR) is 77.2 cm³/mol. The normalized spacial score (nSPS) is 21.3. The van der Waals surface area contributed by atoms with Gasteiger partial charge in [0.25, 0.3) is 0 Å². The van der Waals surface area contributed by atoms with Gasteiger partial charge < -0.3 is 15.2 Å². The number of allylic oxidation sites excluding steroid dienone is 2. The van der Waals surface area contributed by atoms with E-state index in [2.05, 4.69) is 4.98 Å². The van der Waals surface area contributed by atoms with Gasteiger partial charge in [0.05, 0.1) is 7.11 Å². The second-order valence-corrected chi connectivity index (χ2v) is 5.22. The first-order valence-corrected chi connectivity index (χ1v) is 7.05. The van der Waals surface area contributed by atoms with E-state index in [1.165, 1.54) is 7.11 Å². The van der Waals surface area contributed by atoms with E-state index in [1.807, 2.05) is 6.07 Å². The summed E-state index contributed by atoms with van der Waals surface area (Å²) in [5.74, 6) is -0.896. The Balaban J connectivity index is 2.17. The maximum Gasteiger partial charge on any atom is 0.340 e. The van der Waals surface area contributed by atoms with Gasteiger partial charge in [0.15, 0.2) is 11.5 Å². The van der Waals surface area contributed by atoms with Crippen molar-refractivity contribution >= 4 is 11.8 Å². The number of rotatable bonds is 2. The number of pyridine rings is 1. The van der Waals surface area contributed by atoms with Crippen molar-refractivity contribution in [3.8, 4) is 0 Å². The Morgan fingerprint density at radius 3 is 2.95 bits per heavy atom. The van der Waals surface area contributed by atoms with Crippen LogP contribution in [0.15, 0.2) is 47.3 Å². The summed E-state index contributed by atoms with van der Waals surface area (Å²) < 4.78 is 10.3. The van der Waals surface area contributed by atoms with Crippen LogP contribution < -0.4 is 5.73 Å². The molecule has 0 bridgehead atoms. The van der Waals surface area contributed by atoms with E-state index < -0.39 is 11.9 Å². The van der Waals surface area contributed by atoms with E-state index in [0.29, 0.717) is 12.8 Å². The van der Waals surface area contributed by atoms with Crippen molar-refractivity contribution in [2.75, 3.05) is 7.11 Å². The van der Waals surface area contributed by atoms with Gasteiger partial charge in [0, 0.05) is 24.7 Å². The van der Waals surface area contributed by atoms with Crippen molar-refractivity contribution in [1.29, 1.82) is 0 Å². The lowest BCUT2D eigenvalue weighted by Gasteiger charge is -2.32. The Morgan fingerprint density at radius 1 is 1.45 bits per heavy atom. The molecule has 1 aliphatic heterocycles. The maximum absolute atomic E-state index is 12.1. The minimum Gasteiger partial charge on any atom is -0.465 e. The number of aromatic nitrogens is 1. The second kappa shape index (κ2) is 5.63. The van der Waals surface area contributed by atoms with Gasteiger partial charge in [0.2, 0.25) is 5.88 Å². The monoisotopic (exact) mass is 300 g/mol. The number of ketones is 1. The molecule has 114 valence electrons. The molecule has 1 aromatic rings. The van der Waals surface area contributed by atoms with Crippen LogP contribution >= 0.6 is 0 Å². The average Bonchev–Trinajstić information content (AvgIpc) is 2.55. The van der Waals surface area contributed by atoms with E-state index in [0.717, 1.165) is 17.6 Å². The van der Waals surface area contributed by atoms with Gasteiger partial charge >= 0.3 is 5.97 Å². The van der Waals surface area contributed by atoms with Crippen LogP contribution in [0.25, 0.3) is 0 Å². The third-order valence-electron chi connectivity index (χ3n) is 3.93. The summed E-state index contributed by atoms with van der Waals surface area (Å²) >= 11 is 0. The standard InChI is InChI=1S/C16H16N2O4/c1-21-16(20)13-12(9-4-3-7-18-8-9)10-5-2-6-11(19)14(10)22-15(13)17/h3-4,7-8,12H,2,5-6,17H2,1H3/t12-/m0/s1. The first-order valence-electron chi connectivity index (χ1n) is 7.05. The summed E-state index contributed by atoms with van der Waals surface area (Å²) in [6.45, 7) is 0. The van der Waals surface area contributed by atoms with Crippen molar-refractivity contribution in [3.63, 3.8) is 0 Å². The number of hydrogen-bond acceptors (Lipinski definition) is 6. The number of carbonyl (C=O) groups is 2. The number of nitrogens with zero attached hydrogens (tertiary/aromatic N) is 1. The molecular formula is C16H16N2O4. The van der Waals surface area contributed by atoms with E-state index in [1.54, 1.807) is 18.5 Å². The van der Waals surface area contributed by atoms with Crippen molar-refractivity contribution < 1.29 is 19.1 Å². The van der Waals surface area contributed by atoms with Gasteiger partial charge in [-0.1, -0.05) is 6.07 Å². The molecule has 0 fully saturated rings. The van der Waals surface area contributed by atoms with Crippen LogP contribution in [-0.4, -0.2) is 23.8 Å². The number of Topliss-reactive ketones (excluding diaryl/α,β-unsaturated/α-hetero) is 1. The largest absolute Gasteiger partial charge is 0.465 e. The van der Waals surface area contributed by atoms with Crippen molar-refractivity contribution in [1.82, 2.24) is 4.98 Å².